The molecular weight excluding hydrogens is 228 g/mol. The van der Waals surface area contributed by atoms with Crippen LogP contribution in [0.5, 0.6) is 5.75 Å². The van der Waals surface area contributed by atoms with Crippen molar-refractivity contribution in [1.82, 2.24) is 0 Å². The first-order valence-electron chi connectivity index (χ1n) is 4.51. The van der Waals surface area contributed by atoms with E-state index in [1.165, 1.54) is 7.11 Å². The number of ether oxygens (including phenoxy) is 2. The normalized spacial score (nSPS) is 8.71. The molecule has 0 unspecified atom stereocenters. The second-order valence-corrected chi connectivity index (χ2v) is 2.78. The molecule has 0 amide bonds. The van der Waals surface area contributed by atoms with E-state index in [0.717, 1.165) is 5.56 Å². The van der Waals surface area contributed by atoms with Crippen LogP contribution in [0.15, 0.2) is 24.3 Å². The molecule has 6 nitrogen and oxygen atoms in total. The Kier molecular flexibility index (Phi) is 8.36. The van der Waals surface area contributed by atoms with Gasteiger partial charge in [-0.1, -0.05) is 12.1 Å². The zero-order valence-corrected chi connectivity index (χ0v) is 9.21. The molecule has 1 N–H and O–H groups in total. The maximum atomic E-state index is 10.8. The van der Waals surface area contributed by atoms with E-state index in [2.05, 4.69) is 16.3 Å². The van der Waals surface area contributed by atoms with Crippen molar-refractivity contribution >= 4 is 5.97 Å². The molecule has 0 fully saturated rings. The van der Waals surface area contributed by atoms with Gasteiger partial charge >= 0.3 is 17.3 Å². The third-order valence-electron chi connectivity index (χ3n) is 1.74. The molecule has 0 atom stereocenters. The molecule has 1 rings (SSSR count). The van der Waals surface area contributed by atoms with Gasteiger partial charge in [0.25, 0.3) is 0 Å². The standard InChI is InChI=1S/C10H12O5.CO/c1-13-10(11)7-14-9-4-2-8(3-5-9)6-15-12;1-2/h2-5,12H,6-7H2,1H3;. The number of carbonyl (C=O) groups is 1. The van der Waals surface area contributed by atoms with Crippen LogP contribution in [0.3, 0.4) is 0 Å². The van der Waals surface area contributed by atoms with Crippen molar-refractivity contribution in [3.05, 3.63) is 36.5 Å². The third-order valence-corrected chi connectivity index (χ3v) is 1.74. The molecule has 1 aromatic rings. The summed E-state index contributed by atoms with van der Waals surface area (Å²) in [5, 5.41) is 8.20. The first-order valence-corrected chi connectivity index (χ1v) is 4.51. The molecule has 0 spiro atoms. The van der Waals surface area contributed by atoms with E-state index in [9.17, 15) is 4.79 Å². The summed E-state index contributed by atoms with van der Waals surface area (Å²) in [5.74, 6) is 0.125. The van der Waals surface area contributed by atoms with Crippen LogP contribution in [0.2, 0.25) is 0 Å². The maximum absolute atomic E-state index is 10.8. The summed E-state index contributed by atoms with van der Waals surface area (Å²) in [6.45, 7) is 4.50. The Labute approximate surface area is 98.4 Å². The van der Waals surface area contributed by atoms with Gasteiger partial charge in [-0.2, -0.15) is 0 Å². The Balaban J connectivity index is 0.00000121. The summed E-state index contributed by atoms with van der Waals surface area (Å²) in [7, 11) is 1.30. The molecule has 0 saturated carbocycles. The fourth-order valence-electron chi connectivity index (χ4n) is 0.958. The van der Waals surface area contributed by atoms with Gasteiger partial charge in [0.1, 0.15) is 12.4 Å². The van der Waals surface area contributed by atoms with Crippen molar-refractivity contribution < 1.29 is 29.1 Å². The van der Waals surface area contributed by atoms with Gasteiger partial charge in [0.05, 0.1) is 7.11 Å². The van der Waals surface area contributed by atoms with Crippen LogP contribution >= 0.6 is 0 Å². The summed E-state index contributed by atoms with van der Waals surface area (Å²) in [6, 6.07) is 6.81. The molecule has 0 heterocycles. The molecular formula is C11H12O6. The fraction of sp³-hybridized carbons (Fsp3) is 0.273. The van der Waals surface area contributed by atoms with Crippen LogP contribution < -0.4 is 4.74 Å². The molecule has 0 aliphatic rings. The molecule has 0 aromatic heterocycles. The third kappa shape index (κ3) is 6.34. The summed E-state index contributed by atoms with van der Waals surface area (Å²) in [6.07, 6.45) is 0. The van der Waals surface area contributed by atoms with Gasteiger partial charge in [0.2, 0.25) is 0 Å². The van der Waals surface area contributed by atoms with E-state index in [1.54, 1.807) is 24.3 Å². The number of benzene rings is 1. The van der Waals surface area contributed by atoms with Gasteiger partial charge in [-0.3, -0.25) is 5.26 Å². The second kappa shape index (κ2) is 9.38. The Morgan fingerprint density at radius 3 is 2.41 bits per heavy atom. The van der Waals surface area contributed by atoms with Crippen LogP contribution in [0, 0.1) is 6.65 Å². The van der Waals surface area contributed by atoms with Crippen molar-refractivity contribution in [2.75, 3.05) is 13.7 Å². The van der Waals surface area contributed by atoms with Gasteiger partial charge < -0.3 is 9.47 Å². The van der Waals surface area contributed by atoms with Gasteiger partial charge in [-0.05, 0) is 17.7 Å². The molecule has 6 heteroatoms. The molecule has 0 radical (unpaired) electrons. The van der Waals surface area contributed by atoms with Gasteiger partial charge in [-0.25, -0.2) is 9.68 Å². The average molecular weight is 240 g/mol. The molecule has 0 aliphatic carbocycles. The Bertz CT molecular complexity index is 343. The number of methoxy groups -OCH3 is 1. The Hall–Kier alpha value is -1.85. The Morgan fingerprint density at radius 2 is 1.94 bits per heavy atom. The summed E-state index contributed by atoms with van der Waals surface area (Å²) in [4.78, 5) is 14.7. The zero-order valence-electron chi connectivity index (χ0n) is 9.21. The van der Waals surface area contributed by atoms with Crippen molar-refractivity contribution in [3.8, 4) is 5.75 Å². The van der Waals surface area contributed by atoms with Crippen molar-refractivity contribution in [2.24, 2.45) is 0 Å². The summed E-state index contributed by atoms with van der Waals surface area (Å²) >= 11 is 0. The second-order valence-electron chi connectivity index (χ2n) is 2.78. The predicted octanol–water partition coefficient (Wildman–Crippen LogP) is 1.19. The fourth-order valence-corrected chi connectivity index (χ4v) is 0.958. The van der Waals surface area contributed by atoms with Crippen molar-refractivity contribution in [2.45, 2.75) is 6.61 Å². The first kappa shape index (κ1) is 15.2. The zero-order chi connectivity index (χ0) is 13.1. The molecule has 0 bridgehead atoms. The minimum absolute atomic E-state index is 0.119. The van der Waals surface area contributed by atoms with Crippen molar-refractivity contribution in [1.29, 1.82) is 0 Å². The van der Waals surface area contributed by atoms with E-state index < -0.39 is 5.97 Å². The van der Waals surface area contributed by atoms with E-state index >= 15 is 0 Å². The quantitative estimate of drug-likeness (QED) is 0.275. The number of rotatable bonds is 5. The van der Waals surface area contributed by atoms with Crippen LogP contribution in [-0.2, 0) is 25.7 Å². The topological polar surface area (TPSA) is 84.9 Å². The molecule has 17 heavy (non-hydrogen) atoms. The number of carbonyl (C=O) groups excluding carboxylic acids is 1. The minimum atomic E-state index is -0.433. The van der Waals surface area contributed by atoms with E-state index in [-0.39, 0.29) is 13.2 Å². The SMILES string of the molecule is COC(=O)COc1ccc(COO)cc1.[C-]#[O+]. The van der Waals surface area contributed by atoms with Gasteiger partial charge in [0.15, 0.2) is 6.61 Å². The van der Waals surface area contributed by atoms with E-state index in [0.29, 0.717) is 5.75 Å². The molecule has 0 saturated heterocycles. The first-order chi connectivity index (χ1) is 8.26. The van der Waals surface area contributed by atoms with Gasteiger partial charge in [0, 0.05) is 0 Å². The number of hydrogen-bond donors (Lipinski definition) is 1. The van der Waals surface area contributed by atoms with Crippen LogP contribution in [0.1, 0.15) is 5.56 Å². The predicted molar refractivity (Wildman–Crippen MR) is 55.3 cm³/mol. The van der Waals surface area contributed by atoms with Crippen LogP contribution in [0.4, 0.5) is 0 Å². The molecule has 0 aliphatic heterocycles. The molecule has 1 aromatic carbocycles. The van der Waals surface area contributed by atoms with E-state index in [1.807, 2.05) is 0 Å². The summed E-state index contributed by atoms with van der Waals surface area (Å²) in [5.41, 5.74) is 0.808. The van der Waals surface area contributed by atoms with Crippen molar-refractivity contribution in [3.63, 3.8) is 0 Å². The van der Waals surface area contributed by atoms with E-state index in [4.69, 9.17) is 14.6 Å². The number of hydrogen-bond acceptors (Lipinski definition) is 5. The summed E-state index contributed by atoms with van der Waals surface area (Å²) < 4.78 is 17.0. The van der Waals surface area contributed by atoms with Crippen LogP contribution in [-0.4, -0.2) is 24.9 Å². The van der Waals surface area contributed by atoms with Gasteiger partial charge in [-0.15, -0.1) is 0 Å². The average Bonchev–Trinajstić information content (AvgIpc) is 2.40. The number of esters is 1. The monoisotopic (exact) mass is 240 g/mol. The molecule has 92 valence electrons. The van der Waals surface area contributed by atoms with Crippen LogP contribution in [0.25, 0.3) is 0 Å². The Morgan fingerprint density at radius 1 is 1.35 bits per heavy atom.